The van der Waals surface area contributed by atoms with Gasteiger partial charge in [-0.05, 0) is 25.7 Å². The van der Waals surface area contributed by atoms with Gasteiger partial charge in [0.05, 0.1) is 0 Å². The maximum Gasteiger partial charge on any atom is 0.226 e. The summed E-state index contributed by atoms with van der Waals surface area (Å²) in [4.78, 5) is 25.0. The molecule has 4 heteroatoms. The number of hydrogen-bond acceptors (Lipinski definition) is 2. The second kappa shape index (κ2) is 5.12. The van der Waals surface area contributed by atoms with E-state index in [1.165, 1.54) is 0 Å². The molecular weight excluding hydrogens is 228 g/mol. The van der Waals surface area contributed by atoms with Crippen molar-refractivity contribution in [3.8, 4) is 0 Å². The molecule has 1 heterocycles. The molecule has 1 atom stereocenters. The van der Waals surface area contributed by atoms with Gasteiger partial charge in [0.25, 0.3) is 0 Å². The first kappa shape index (κ1) is 13.1. The van der Waals surface area contributed by atoms with Crippen molar-refractivity contribution in [2.75, 3.05) is 13.6 Å². The van der Waals surface area contributed by atoms with E-state index in [0.717, 1.165) is 31.4 Å². The summed E-state index contributed by atoms with van der Waals surface area (Å²) in [6, 6.07) is 0. The lowest BCUT2D eigenvalue weighted by molar-refractivity contribution is -0.132. The molecule has 2 amide bonds. The number of carbonyl (C=O) groups is 2. The van der Waals surface area contributed by atoms with Crippen molar-refractivity contribution < 1.29 is 9.59 Å². The van der Waals surface area contributed by atoms with Crippen molar-refractivity contribution in [3.63, 3.8) is 0 Å². The van der Waals surface area contributed by atoms with Crippen molar-refractivity contribution in [1.82, 2.24) is 10.2 Å². The highest BCUT2D eigenvalue weighted by Gasteiger charge is 2.42. The molecule has 0 saturated carbocycles. The lowest BCUT2D eigenvalue weighted by atomic mass is 9.70. The van der Waals surface area contributed by atoms with Gasteiger partial charge in [0.1, 0.15) is 0 Å². The summed E-state index contributed by atoms with van der Waals surface area (Å²) in [6.45, 7) is 2.53. The van der Waals surface area contributed by atoms with E-state index in [4.69, 9.17) is 0 Å². The summed E-state index contributed by atoms with van der Waals surface area (Å²) in [7, 11) is 1.86. The van der Waals surface area contributed by atoms with Gasteiger partial charge in [-0.2, -0.15) is 0 Å². The van der Waals surface area contributed by atoms with Crippen LogP contribution in [0.2, 0.25) is 0 Å². The molecule has 0 spiro atoms. The molecule has 18 heavy (non-hydrogen) atoms. The molecule has 1 aliphatic carbocycles. The van der Waals surface area contributed by atoms with Crippen molar-refractivity contribution >= 4 is 11.8 Å². The fraction of sp³-hybridized carbons (Fsp3) is 0.714. The van der Waals surface area contributed by atoms with E-state index < -0.39 is 0 Å². The normalized spacial score (nSPS) is 27.6. The van der Waals surface area contributed by atoms with Crippen LogP contribution in [-0.4, -0.2) is 30.3 Å². The van der Waals surface area contributed by atoms with Crippen molar-refractivity contribution in [2.45, 2.75) is 45.4 Å². The van der Waals surface area contributed by atoms with Crippen LogP contribution in [0.3, 0.4) is 0 Å². The standard InChI is InChI=1S/C14H22N2O2/c1-3-12(17)15-10-14-8-5-4-6-11(14)16(2)13(18)7-9-14/h6H,3-5,7-10H2,1-2H3,(H,15,17)/t14-/m0/s1. The zero-order valence-corrected chi connectivity index (χ0v) is 11.3. The molecule has 4 nitrogen and oxygen atoms in total. The van der Waals surface area contributed by atoms with Crippen LogP contribution in [0.4, 0.5) is 0 Å². The van der Waals surface area contributed by atoms with E-state index in [1.807, 2.05) is 14.0 Å². The van der Waals surface area contributed by atoms with Crippen molar-refractivity contribution in [2.24, 2.45) is 5.41 Å². The summed E-state index contributed by atoms with van der Waals surface area (Å²) in [5.41, 5.74) is 1.12. The highest BCUT2D eigenvalue weighted by atomic mass is 16.2. The third-order valence-electron chi connectivity index (χ3n) is 4.24. The molecule has 0 aromatic rings. The van der Waals surface area contributed by atoms with Crippen LogP contribution in [0.5, 0.6) is 0 Å². The molecular formula is C14H22N2O2. The Balaban J connectivity index is 2.17. The van der Waals surface area contributed by atoms with Gasteiger partial charge in [0, 0.05) is 37.5 Å². The topological polar surface area (TPSA) is 49.4 Å². The Bertz CT molecular complexity index is 389. The van der Waals surface area contributed by atoms with Crippen LogP contribution in [-0.2, 0) is 9.59 Å². The van der Waals surface area contributed by atoms with Crippen LogP contribution >= 0.6 is 0 Å². The smallest absolute Gasteiger partial charge is 0.226 e. The lowest BCUT2D eigenvalue weighted by Crippen LogP contribution is -2.49. The molecule has 1 aliphatic heterocycles. The molecule has 100 valence electrons. The molecule has 0 aromatic heterocycles. The molecule has 0 radical (unpaired) electrons. The number of rotatable bonds is 3. The minimum absolute atomic E-state index is 0.00819. The molecule has 1 fully saturated rings. The van der Waals surface area contributed by atoms with E-state index in [-0.39, 0.29) is 17.2 Å². The number of allylic oxidation sites excluding steroid dienone is 1. The Labute approximate surface area is 108 Å². The number of nitrogens with zero attached hydrogens (tertiary/aromatic N) is 1. The first-order valence-electron chi connectivity index (χ1n) is 6.83. The monoisotopic (exact) mass is 250 g/mol. The molecule has 2 rings (SSSR count). The first-order valence-corrected chi connectivity index (χ1v) is 6.83. The summed E-state index contributed by atoms with van der Waals surface area (Å²) in [5.74, 6) is 0.287. The average molecular weight is 250 g/mol. The van der Waals surface area contributed by atoms with Crippen molar-refractivity contribution in [3.05, 3.63) is 11.8 Å². The maximum absolute atomic E-state index is 11.8. The fourth-order valence-corrected chi connectivity index (χ4v) is 3.08. The number of amides is 2. The Hall–Kier alpha value is -1.32. The van der Waals surface area contributed by atoms with E-state index in [1.54, 1.807) is 4.90 Å². The third-order valence-corrected chi connectivity index (χ3v) is 4.24. The van der Waals surface area contributed by atoms with Crippen LogP contribution < -0.4 is 5.32 Å². The number of hydrogen-bond donors (Lipinski definition) is 1. The molecule has 0 unspecified atom stereocenters. The zero-order chi connectivity index (χ0) is 13.2. The Morgan fingerprint density at radius 1 is 1.50 bits per heavy atom. The number of carbonyl (C=O) groups excluding carboxylic acids is 2. The number of likely N-dealkylation sites (tertiary alicyclic amines) is 1. The molecule has 1 N–H and O–H groups in total. The lowest BCUT2D eigenvalue weighted by Gasteiger charge is -2.46. The molecule has 0 aromatic carbocycles. The van der Waals surface area contributed by atoms with Gasteiger partial charge in [-0.25, -0.2) is 0 Å². The van der Waals surface area contributed by atoms with Crippen LogP contribution in [0.1, 0.15) is 45.4 Å². The Morgan fingerprint density at radius 2 is 2.28 bits per heavy atom. The van der Waals surface area contributed by atoms with E-state index in [0.29, 0.717) is 19.4 Å². The SMILES string of the molecule is CCC(=O)NC[C@@]12CCCC=C1N(C)C(=O)CC2. The fourth-order valence-electron chi connectivity index (χ4n) is 3.08. The molecule has 2 aliphatic rings. The number of nitrogens with one attached hydrogen (secondary N) is 1. The van der Waals surface area contributed by atoms with Gasteiger partial charge >= 0.3 is 0 Å². The minimum atomic E-state index is -0.00819. The van der Waals surface area contributed by atoms with Gasteiger partial charge in [-0.1, -0.05) is 13.0 Å². The van der Waals surface area contributed by atoms with Gasteiger partial charge in [-0.3, -0.25) is 9.59 Å². The molecule has 1 saturated heterocycles. The second-order valence-corrected chi connectivity index (χ2v) is 5.34. The summed E-state index contributed by atoms with van der Waals surface area (Å²) >= 11 is 0. The van der Waals surface area contributed by atoms with Crippen LogP contribution in [0, 0.1) is 5.41 Å². The van der Waals surface area contributed by atoms with Crippen LogP contribution in [0.25, 0.3) is 0 Å². The summed E-state index contributed by atoms with van der Waals surface area (Å²) < 4.78 is 0. The first-order chi connectivity index (χ1) is 8.59. The molecule has 0 bridgehead atoms. The van der Waals surface area contributed by atoms with Crippen LogP contribution in [0.15, 0.2) is 11.8 Å². The average Bonchev–Trinajstić information content (AvgIpc) is 2.41. The maximum atomic E-state index is 11.8. The van der Waals surface area contributed by atoms with Gasteiger partial charge in [-0.15, -0.1) is 0 Å². The highest BCUT2D eigenvalue weighted by molar-refractivity contribution is 5.80. The predicted octanol–water partition coefficient (Wildman–Crippen LogP) is 1.82. The quantitative estimate of drug-likeness (QED) is 0.830. The number of piperidine rings is 1. The Kier molecular flexibility index (Phi) is 3.73. The van der Waals surface area contributed by atoms with Gasteiger partial charge in [0.15, 0.2) is 0 Å². The minimum Gasteiger partial charge on any atom is -0.355 e. The predicted molar refractivity (Wildman–Crippen MR) is 69.7 cm³/mol. The summed E-state index contributed by atoms with van der Waals surface area (Å²) in [5, 5.41) is 3.01. The van der Waals surface area contributed by atoms with Crippen molar-refractivity contribution in [1.29, 1.82) is 0 Å². The second-order valence-electron chi connectivity index (χ2n) is 5.34. The Morgan fingerprint density at radius 3 is 3.00 bits per heavy atom. The highest BCUT2D eigenvalue weighted by Crippen LogP contribution is 2.45. The van der Waals surface area contributed by atoms with E-state index >= 15 is 0 Å². The zero-order valence-electron chi connectivity index (χ0n) is 11.3. The van der Waals surface area contributed by atoms with Gasteiger partial charge in [0.2, 0.25) is 11.8 Å². The number of fused-ring (bicyclic) bond motifs is 1. The third kappa shape index (κ3) is 2.28. The summed E-state index contributed by atoms with van der Waals surface area (Å²) in [6.07, 6.45) is 7.41. The van der Waals surface area contributed by atoms with E-state index in [2.05, 4.69) is 11.4 Å². The van der Waals surface area contributed by atoms with Gasteiger partial charge < -0.3 is 10.2 Å². The largest absolute Gasteiger partial charge is 0.355 e. The van der Waals surface area contributed by atoms with E-state index in [9.17, 15) is 9.59 Å².